The molecule has 4 aromatic rings. The van der Waals surface area contributed by atoms with Crippen molar-refractivity contribution in [2.24, 2.45) is 11.1 Å². The maximum atomic E-state index is 12.7. The van der Waals surface area contributed by atoms with Crippen LogP contribution in [0.3, 0.4) is 0 Å². The van der Waals surface area contributed by atoms with Crippen LogP contribution in [0.2, 0.25) is 0 Å². The average molecular weight is 831 g/mol. The number of nitrogens with zero attached hydrogens (tertiary/aromatic N) is 7. The molecule has 4 fully saturated rings. The normalized spacial score (nSPS) is 24.9. The highest BCUT2D eigenvalue weighted by Crippen LogP contribution is 2.56. The molecule has 2 saturated heterocycles. The maximum Gasteiger partial charge on any atom is 0.320 e. The number of anilines is 3. The largest absolute Gasteiger partial charge is 0.364 e. The zero-order valence-electron chi connectivity index (χ0n) is 35.4. The number of hydrogen-bond donors (Lipinski definition) is 3. The molecule has 61 heavy (non-hydrogen) atoms. The van der Waals surface area contributed by atoms with Crippen LogP contribution in [0.15, 0.2) is 47.1 Å². The van der Waals surface area contributed by atoms with Crippen LogP contribution in [0, 0.1) is 5.41 Å². The Bertz CT molecular complexity index is 2280. The average Bonchev–Trinajstić information content (AvgIpc) is 3.77. The first-order valence-electron chi connectivity index (χ1n) is 22.2. The molecule has 0 bridgehead atoms. The number of hydrogen-bond acceptors (Lipinski definition) is 11. The number of rotatable bonds is 12. The highest BCUT2D eigenvalue weighted by molar-refractivity contribution is 5.96. The minimum atomic E-state index is -0.639. The summed E-state index contributed by atoms with van der Waals surface area (Å²) >= 11 is 0. The van der Waals surface area contributed by atoms with E-state index in [2.05, 4.69) is 60.9 Å². The van der Waals surface area contributed by atoms with Gasteiger partial charge in [-0.1, -0.05) is 23.4 Å². The summed E-state index contributed by atoms with van der Waals surface area (Å²) in [4.78, 5) is 66.8. The van der Waals surface area contributed by atoms with Gasteiger partial charge in [0.1, 0.15) is 17.8 Å². The lowest BCUT2D eigenvalue weighted by Crippen LogP contribution is -2.52. The summed E-state index contributed by atoms with van der Waals surface area (Å²) in [6, 6.07) is 13.5. The van der Waals surface area contributed by atoms with Gasteiger partial charge in [0.2, 0.25) is 5.91 Å². The highest BCUT2D eigenvalue weighted by atomic mass is 16.5. The van der Waals surface area contributed by atoms with Gasteiger partial charge in [-0.2, -0.15) is 0 Å². The second kappa shape index (κ2) is 17.1. The van der Waals surface area contributed by atoms with Gasteiger partial charge in [0, 0.05) is 82.5 Å². The van der Waals surface area contributed by atoms with Crippen LogP contribution in [-0.4, -0.2) is 119 Å². The molecule has 2 aromatic heterocycles. The third-order valence-corrected chi connectivity index (χ3v) is 14.6. The van der Waals surface area contributed by atoms with E-state index in [1.807, 2.05) is 18.0 Å². The molecule has 4 amide bonds. The van der Waals surface area contributed by atoms with Gasteiger partial charge in [-0.25, -0.2) is 14.8 Å². The topological polar surface area (TPSA) is 183 Å². The molecular formula is C46H58N10O5. The fourth-order valence-corrected chi connectivity index (χ4v) is 11.0. The number of nitrogens with one attached hydrogen (secondary N) is 2. The molecule has 2 saturated carbocycles. The Kier molecular flexibility index (Phi) is 11.4. The van der Waals surface area contributed by atoms with Crippen LogP contribution in [0.25, 0.3) is 11.0 Å². The van der Waals surface area contributed by atoms with Crippen LogP contribution >= 0.6 is 0 Å². The Morgan fingerprint density at radius 2 is 1.79 bits per heavy atom. The SMILES string of the molecule is CNC(=O)C(CCC=O)c1noc2c3c(ccc12)CCN(C1CC2(CCC(c4ccc(Nc5nc(N6CCCC(N7CCN(C)C7=O)C6)cnc5C(N)=O)cc4)CC2)C1)CC3. The number of carbonyl (C=O) groups excluding carboxylic acids is 4. The number of likely N-dealkylation sites (N-methyl/N-ethyl adjacent to an activating group) is 2. The number of urea groups is 1. The van der Waals surface area contributed by atoms with Crippen molar-refractivity contribution in [1.29, 1.82) is 0 Å². The number of aldehydes is 1. The molecule has 5 heterocycles. The zero-order chi connectivity index (χ0) is 42.3. The lowest BCUT2D eigenvalue weighted by molar-refractivity contribution is -0.122. The molecule has 4 N–H and O–H groups in total. The van der Waals surface area contributed by atoms with Crippen LogP contribution in [-0.2, 0) is 22.4 Å². The summed E-state index contributed by atoms with van der Waals surface area (Å²) in [7, 11) is 3.45. The lowest BCUT2D eigenvalue weighted by atomic mass is 9.56. The first-order valence-corrected chi connectivity index (χ1v) is 22.2. The number of carbonyl (C=O) groups is 4. The minimum Gasteiger partial charge on any atom is -0.364 e. The smallest absolute Gasteiger partial charge is 0.320 e. The quantitative estimate of drug-likeness (QED) is 0.153. The van der Waals surface area contributed by atoms with E-state index in [0.29, 0.717) is 54.1 Å². The molecule has 15 nitrogen and oxygen atoms in total. The molecule has 2 unspecified atom stereocenters. The Labute approximate surface area is 356 Å². The van der Waals surface area contributed by atoms with Gasteiger partial charge in [-0.05, 0) is 111 Å². The maximum absolute atomic E-state index is 12.7. The number of primary amides is 1. The van der Waals surface area contributed by atoms with Crippen LogP contribution < -0.4 is 21.3 Å². The lowest BCUT2D eigenvalue weighted by Gasteiger charge is -2.55. The van der Waals surface area contributed by atoms with Crippen molar-refractivity contribution in [2.45, 2.75) is 101 Å². The molecule has 1 spiro atoms. The van der Waals surface area contributed by atoms with Gasteiger partial charge in [0.05, 0.1) is 18.2 Å². The summed E-state index contributed by atoms with van der Waals surface area (Å²) < 4.78 is 5.95. The standard InChI is InChI=1S/C46H58N10O5/c1-48-44(59)37(6-4-24-57)39-36-12-9-31-15-20-54(21-16-35(31)41(36)61-52-39)34-25-46(26-34)17-13-30(14-18-46)29-7-10-32(11-8-29)50-43-40(42(47)58)49-27-38(51-43)55-19-3-5-33(28-55)56-23-22-53(2)45(56)60/h7-12,24,27,30,33-34,37H,3-6,13-23,25-26,28H2,1-2H3,(H2,47,58)(H,48,59)(H,50,51). The second-order valence-corrected chi connectivity index (χ2v) is 18.1. The second-order valence-electron chi connectivity index (χ2n) is 18.1. The summed E-state index contributed by atoms with van der Waals surface area (Å²) in [5.41, 5.74) is 12.3. The van der Waals surface area contributed by atoms with E-state index >= 15 is 0 Å². The molecule has 15 heteroatoms. The van der Waals surface area contributed by atoms with Crippen molar-refractivity contribution in [3.8, 4) is 0 Å². The Morgan fingerprint density at radius 1 is 1.00 bits per heavy atom. The van der Waals surface area contributed by atoms with Crippen molar-refractivity contribution in [2.75, 3.05) is 63.6 Å². The Balaban J connectivity index is 0.787. The monoisotopic (exact) mass is 830 g/mol. The third-order valence-electron chi connectivity index (χ3n) is 14.6. The van der Waals surface area contributed by atoms with E-state index in [1.54, 1.807) is 18.1 Å². The molecule has 0 radical (unpaired) electrons. The van der Waals surface area contributed by atoms with Gasteiger partial charge in [-0.3, -0.25) is 14.5 Å². The number of piperidine rings is 1. The van der Waals surface area contributed by atoms with E-state index in [9.17, 15) is 19.2 Å². The third kappa shape index (κ3) is 8.04. The molecule has 9 rings (SSSR count). The zero-order valence-corrected chi connectivity index (χ0v) is 35.4. The van der Waals surface area contributed by atoms with Crippen LogP contribution in [0.4, 0.5) is 22.1 Å². The van der Waals surface area contributed by atoms with Crippen molar-refractivity contribution >= 4 is 52.4 Å². The van der Waals surface area contributed by atoms with E-state index in [-0.39, 0.29) is 23.7 Å². The fourth-order valence-electron chi connectivity index (χ4n) is 11.0. The first kappa shape index (κ1) is 40.8. The van der Waals surface area contributed by atoms with Gasteiger partial charge in [0.25, 0.3) is 5.91 Å². The van der Waals surface area contributed by atoms with Gasteiger partial charge < -0.3 is 40.4 Å². The molecule has 3 aliphatic heterocycles. The summed E-state index contributed by atoms with van der Waals surface area (Å²) in [6.07, 6.45) is 14.2. The number of fused-ring (bicyclic) bond motifs is 3. The van der Waals surface area contributed by atoms with Crippen molar-refractivity contribution in [3.05, 3.63) is 70.7 Å². The number of nitrogens with two attached hydrogens (primary N) is 1. The van der Waals surface area contributed by atoms with Crippen molar-refractivity contribution in [3.63, 3.8) is 0 Å². The van der Waals surface area contributed by atoms with E-state index in [1.165, 1.54) is 55.2 Å². The molecule has 322 valence electrons. The fraction of sp³-hybridized carbons (Fsp3) is 0.543. The predicted octanol–water partition coefficient (Wildman–Crippen LogP) is 5.51. The molecule has 2 aromatic carbocycles. The number of benzene rings is 2. The minimum absolute atomic E-state index is 0.0736. The summed E-state index contributed by atoms with van der Waals surface area (Å²) in [6.45, 7) is 4.94. The molecule has 5 aliphatic rings. The van der Waals surface area contributed by atoms with Gasteiger partial charge in [-0.15, -0.1) is 0 Å². The molecular weight excluding hydrogens is 773 g/mol. The first-order chi connectivity index (χ1) is 29.6. The highest BCUT2D eigenvalue weighted by Gasteiger charge is 2.48. The Morgan fingerprint density at radius 3 is 2.51 bits per heavy atom. The summed E-state index contributed by atoms with van der Waals surface area (Å²) in [5, 5.41) is 11.3. The van der Waals surface area contributed by atoms with E-state index < -0.39 is 11.8 Å². The summed E-state index contributed by atoms with van der Waals surface area (Å²) in [5.74, 6) is 0.200. The molecule has 2 atom stereocenters. The van der Waals surface area contributed by atoms with E-state index in [4.69, 9.17) is 15.2 Å². The Hall–Kier alpha value is -5.57. The number of aromatic nitrogens is 3. The van der Waals surface area contributed by atoms with Gasteiger partial charge >= 0.3 is 6.03 Å². The van der Waals surface area contributed by atoms with Crippen molar-refractivity contribution < 1.29 is 23.7 Å². The van der Waals surface area contributed by atoms with E-state index in [0.717, 1.165) is 81.3 Å². The molecule has 2 aliphatic carbocycles. The van der Waals surface area contributed by atoms with Crippen LogP contribution in [0.5, 0.6) is 0 Å². The predicted molar refractivity (Wildman–Crippen MR) is 232 cm³/mol. The van der Waals surface area contributed by atoms with Gasteiger partial charge in [0.15, 0.2) is 17.1 Å². The van der Waals surface area contributed by atoms with Crippen LogP contribution in [0.1, 0.15) is 109 Å². The number of amides is 4. The van der Waals surface area contributed by atoms with Crippen molar-refractivity contribution in [1.82, 2.24) is 35.1 Å².